The molecule has 0 bridgehead atoms. The van der Waals surface area contributed by atoms with Crippen molar-refractivity contribution in [1.82, 2.24) is 9.97 Å². The predicted octanol–water partition coefficient (Wildman–Crippen LogP) is 0.376. The third-order valence-electron chi connectivity index (χ3n) is 2.87. The molecule has 1 aromatic heterocycles. The van der Waals surface area contributed by atoms with Crippen molar-refractivity contribution in [1.29, 1.82) is 0 Å². The molecule has 1 aromatic rings. The average Bonchev–Trinajstić information content (AvgIpc) is 2.17. The van der Waals surface area contributed by atoms with E-state index in [9.17, 15) is 0 Å². The molecule has 0 aliphatic carbocycles. The summed E-state index contributed by atoms with van der Waals surface area (Å²) >= 11 is 0. The Morgan fingerprint density at radius 1 is 1.33 bits per heavy atom. The molecule has 0 atom stereocenters. The van der Waals surface area contributed by atoms with Crippen molar-refractivity contribution >= 4 is 11.6 Å². The van der Waals surface area contributed by atoms with E-state index in [1.54, 1.807) is 12.4 Å². The molecule has 2 heterocycles. The molecule has 5 nitrogen and oxygen atoms in total. The summed E-state index contributed by atoms with van der Waals surface area (Å²) in [6.07, 6.45) is 5.25. The second kappa shape index (κ2) is 3.66. The summed E-state index contributed by atoms with van der Waals surface area (Å²) in [5.74, 6) is 1.32. The Hall–Kier alpha value is -1.36. The molecular weight excluding hydrogens is 190 g/mol. The normalized spacial score (nSPS) is 20.3. The van der Waals surface area contributed by atoms with Crippen molar-refractivity contribution < 1.29 is 0 Å². The first kappa shape index (κ1) is 10.2. The number of piperidine rings is 1. The zero-order valence-corrected chi connectivity index (χ0v) is 8.98. The molecule has 1 aliphatic rings. The van der Waals surface area contributed by atoms with E-state index in [2.05, 4.69) is 21.8 Å². The minimum absolute atomic E-state index is 0.0374. The number of aromatic nitrogens is 2. The highest BCUT2D eigenvalue weighted by Gasteiger charge is 2.26. The van der Waals surface area contributed by atoms with Gasteiger partial charge in [0.15, 0.2) is 0 Å². The van der Waals surface area contributed by atoms with Gasteiger partial charge in [-0.2, -0.15) is 0 Å². The highest BCUT2D eigenvalue weighted by Crippen LogP contribution is 2.22. The maximum atomic E-state index is 6.06. The van der Waals surface area contributed by atoms with E-state index in [0.717, 1.165) is 31.7 Å². The van der Waals surface area contributed by atoms with Gasteiger partial charge >= 0.3 is 0 Å². The van der Waals surface area contributed by atoms with Crippen molar-refractivity contribution in [3.05, 3.63) is 12.4 Å². The van der Waals surface area contributed by atoms with Gasteiger partial charge in [-0.15, -0.1) is 0 Å². The number of hydrogen-bond donors (Lipinski definition) is 2. The van der Waals surface area contributed by atoms with Crippen molar-refractivity contribution in [2.45, 2.75) is 25.3 Å². The lowest BCUT2D eigenvalue weighted by Gasteiger charge is -2.37. The molecule has 0 spiro atoms. The molecule has 0 amide bonds. The maximum Gasteiger partial charge on any atom is 0.149 e. The molecule has 1 aliphatic heterocycles. The van der Waals surface area contributed by atoms with Crippen LogP contribution in [0.2, 0.25) is 0 Å². The lowest BCUT2D eigenvalue weighted by atomic mass is 9.91. The van der Waals surface area contributed by atoms with E-state index in [0.29, 0.717) is 5.82 Å². The molecule has 0 unspecified atom stereocenters. The van der Waals surface area contributed by atoms with Gasteiger partial charge in [0.1, 0.15) is 11.6 Å². The summed E-state index contributed by atoms with van der Waals surface area (Å²) in [6, 6.07) is 0. The van der Waals surface area contributed by atoms with E-state index in [1.165, 1.54) is 0 Å². The van der Waals surface area contributed by atoms with Crippen LogP contribution >= 0.6 is 0 Å². The molecule has 0 aromatic carbocycles. The Morgan fingerprint density at radius 3 is 2.60 bits per heavy atom. The van der Waals surface area contributed by atoms with Crippen LogP contribution in [-0.4, -0.2) is 28.6 Å². The van der Waals surface area contributed by atoms with Crippen molar-refractivity contribution in [3.63, 3.8) is 0 Å². The number of rotatable bonds is 1. The Balaban J connectivity index is 2.08. The van der Waals surface area contributed by atoms with Crippen LogP contribution in [0.5, 0.6) is 0 Å². The van der Waals surface area contributed by atoms with Crippen molar-refractivity contribution in [2.75, 3.05) is 23.7 Å². The third-order valence-corrected chi connectivity index (χ3v) is 2.87. The Bertz CT molecular complexity index is 339. The number of nitrogens with two attached hydrogens (primary N) is 2. The summed E-state index contributed by atoms with van der Waals surface area (Å²) in [5, 5.41) is 0. The second-order valence-corrected chi connectivity index (χ2v) is 4.44. The number of nitrogens with zero attached hydrogens (tertiary/aromatic N) is 3. The molecule has 0 radical (unpaired) electrons. The number of nitrogen functional groups attached to an aromatic ring is 1. The lowest BCUT2D eigenvalue weighted by molar-refractivity contribution is 0.363. The van der Waals surface area contributed by atoms with Gasteiger partial charge in [0.25, 0.3) is 0 Å². The van der Waals surface area contributed by atoms with Gasteiger partial charge in [0, 0.05) is 18.6 Å². The summed E-state index contributed by atoms with van der Waals surface area (Å²) < 4.78 is 0. The summed E-state index contributed by atoms with van der Waals surface area (Å²) in [4.78, 5) is 10.5. The monoisotopic (exact) mass is 207 g/mol. The fourth-order valence-corrected chi connectivity index (χ4v) is 1.77. The molecule has 5 heteroatoms. The van der Waals surface area contributed by atoms with Gasteiger partial charge in [0.05, 0.1) is 12.4 Å². The second-order valence-electron chi connectivity index (χ2n) is 4.44. The van der Waals surface area contributed by atoms with E-state index in [-0.39, 0.29) is 5.54 Å². The van der Waals surface area contributed by atoms with E-state index in [4.69, 9.17) is 11.5 Å². The van der Waals surface area contributed by atoms with Gasteiger partial charge in [-0.1, -0.05) is 0 Å². The summed E-state index contributed by atoms with van der Waals surface area (Å²) in [6.45, 7) is 3.94. The summed E-state index contributed by atoms with van der Waals surface area (Å²) in [5.41, 5.74) is 11.6. The SMILES string of the molecule is CC1(N)CCN(c2cncc(N)n2)CC1. The minimum atomic E-state index is -0.0374. The van der Waals surface area contributed by atoms with Gasteiger partial charge < -0.3 is 16.4 Å². The van der Waals surface area contributed by atoms with Crippen LogP contribution in [0, 0.1) is 0 Å². The first-order valence-electron chi connectivity index (χ1n) is 5.18. The highest BCUT2D eigenvalue weighted by atomic mass is 15.2. The quantitative estimate of drug-likeness (QED) is 0.695. The van der Waals surface area contributed by atoms with E-state index >= 15 is 0 Å². The smallest absolute Gasteiger partial charge is 0.149 e. The van der Waals surface area contributed by atoms with E-state index in [1.807, 2.05) is 0 Å². The van der Waals surface area contributed by atoms with Gasteiger partial charge in [-0.25, -0.2) is 4.98 Å². The summed E-state index contributed by atoms with van der Waals surface area (Å²) in [7, 11) is 0. The van der Waals surface area contributed by atoms with Crippen LogP contribution < -0.4 is 16.4 Å². The van der Waals surface area contributed by atoms with Crippen molar-refractivity contribution in [3.8, 4) is 0 Å². The Kier molecular flexibility index (Phi) is 2.48. The fraction of sp³-hybridized carbons (Fsp3) is 0.600. The third kappa shape index (κ3) is 2.36. The zero-order valence-electron chi connectivity index (χ0n) is 8.98. The van der Waals surface area contributed by atoms with Gasteiger partial charge in [-0.05, 0) is 19.8 Å². The van der Waals surface area contributed by atoms with E-state index < -0.39 is 0 Å². The molecule has 0 saturated carbocycles. The number of anilines is 2. The van der Waals surface area contributed by atoms with Crippen LogP contribution in [0.1, 0.15) is 19.8 Å². The molecule has 15 heavy (non-hydrogen) atoms. The zero-order chi connectivity index (χ0) is 10.9. The van der Waals surface area contributed by atoms with Crippen LogP contribution in [0.15, 0.2) is 12.4 Å². The molecule has 1 saturated heterocycles. The molecule has 4 N–H and O–H groups in total. The lowest BCUT2D eigenvalue weighted by Crippen LogP contribution is -2.48. The van der Waals surface area contributed by atoms with Crippen LogP contribution in [0.25, 0.3) is 0 Å². The van der Waals surface area contributed by atoms with Gasteiger partial charge in [-0.3, -0.25) is 4.98 Å². The van der Waals surface area contributed by atoms with Crippen LogP contribution in [-0.2, 0) is 0 Å². The molecule has 82 valence electrons. The minimum Gasteiger partial charge on any atom is -0.382 e. The fourth-order valence-electron chi connectivity index (χ4n) is 1.77. The highest BCUT2D eigenvalue weighted by molar-refractivity contribution is 5.41. The first-order valence-corrected chi connectivity index (χ1v) is 5.18. The predicted molar refractivity (Wildman–Crippen MR) is 60.5 cm³/mol. The average molecular weight is 207 g/mol. The first-order chi connectivity index (χ1) is 7.07. The topological polar surface area (TPSA) is 81.1 Å². The standard InChI is InChI=1S/C10H17N5/c1-10(12)2-4-15(5-3-10)9-7-13-6-8(11)14-9/h6-7H,2-5,12H2,1H3,(H2,11,14). The molecular formula is C10H17N5. The maximum absolute atomic E-state index is 6.06. The molecule has 1 fully saturated rings. The van der Waals surface area contributed by atoms with Crippen LogP contribution in [0.3, 0.4) is 0 Å². The van der Waals surface area contributed by atoms with Crippen LogP contribution in [0.4, 0.5) is 11.6 Å². The Morgan fingerprint density at radius 2 is 2.00 bits per heavy atom. The van der Waals surface area contributed by atoms with Crippen molar-refractivity contribution in [2.24, 2.45) is 5.73 Å². The largest absolute Gasteiger partial charge is 0.382 e. The number of hydrogen-bond acceptors (Lipinski definition) is 5. The van der Waals surface area contributed by atoms with Gasteiger partial charge in [0.2, 0.25) is 0 Å². The Labute approximate surface area is 89.5 Å². The molecule has 2 rings (SSSR count).